The van der Waals surface area contributed by atoms with Crippen molar-refractivity contribution in [2.45, 2.75) is 25.7 Å². The van der Waals surface area contributed by atoms with Gasteiger partial charge in [-0.05, 0) is 38.0 Å². The maximum absolute atomic E-state index is 13.7. The Hall–Kier alpha value is -3.65. The zero-order valence-electron chi connectivity index (χ0n) is 18.9. The van der Waals surface area contributed by atoms with Crippen molar-refractivity contribution in [3.05, 3.63) is 87.3 Å². The molecule has 0 spiro atoms. The molecular weight excluding hydrogens is 454 g/mol. The lowest BCUT2D eigenvalue weighted by Gasteiger charge is -2.32. The van der Waals surface area contributed by atoms with Crippen LogP contribution in [0, 0.1) is 6.92 Å². The molecule has 0 N–H and O–H groups in total. The maximum atomic E-state index is 13.7. The minimum absolute atomic E-state index is 0.0873. The van der Waals surface area contributed by atoms with Gasteiger partial charge in [0.2, 0.25) is 0 Å². The number of benzene rings is 2. The van der Waals surface area contributed by atoms with Gasteiger partial charge in [0.25, 0.3) is 5.91 Å². The predicted octanol–water partition coefficient (Wildman–Crippen LogP) is 4.21. The number of para-hydroxylation sites is 1. The van der Waals surface area contributed by atoms with E-state index in [-0.39, 0.29) is 17.5 Å². The van der Waals surface area contributed by atoms with E-state index >= 15 is 0 Å². The second-order valence-corrected chi connectivity index (χ2v) is 8.88. The monoisotopic (exact) mass is 477 g/mol. The molecule has 5 rings (SSSR count). The van der Waals surface area contributed by atoms with Crippen molar-refractivity contribution in [1.82, 2.24) is 24.4 Å². The number of carbonyl (C=O) groups excluding carboxylic acids is 1. The Balaban J connectivity index is 1.48. The number of halogens is 1. The van der Waals surface area contributed by atoms with Crippen LogP contribution in [-0.2, 0) is 7.05 Å². The van der Waals surface area contributed by atoms with Crippen LogP contribution in [0.3, 0.4) is 0 Å². The van der Waals surface area contributed by atoms with Crippen molar-refractivity contribution in [1.29, 1.82) is 0 Å². The molecule has 4 aromatic rings. The molecule has 2 aromatic carbocycles. The number of amides is 1. The van der Waals surface area contributed by atoms with E-state index in [1.165, 1.54) is 4.68 Å². The van der Waals surface area contributed by atoms with Gasteiger partial charge in [-0.25, -0.2) is 14.0 Å². The van der Waals surface area contributed by atoms with Crippen molar-refractivity contribution in [3.63, 3.8) is 0 Å². The fraction of sp³-hybridized carbons (Fsp3) is 0.280. The lowest BCUT2D eigenvalue weighted by Crippen LogP contribution is -2.40. The van der Waals surface area contributed by atoms with Crippen LogP contribution in [-0.4, -0.2) is 43.4 Å². The smallest absolute Gasteiger partial charge is 0.350 e. The molecule has 1 aliphatic heterocycles. The lowest BCUT2D eigenvalue weighted by molar-refractivity contribution is 0.0702. The van der Waals surface area contributed by atoms with Gasteiger partial charge in [0.1, 0.15) is 22.8 Å². The van der Waals surface area contributed by atoms with Crippen LogP contribution in [0.5, 0.6) is 0 Å². The van der Waals surface area contributed by atoms with Gasteiger partial charge in [0.15, 0.2) is 0 Å². The molecule has 0 radical (unpaired) electrons. The SMILES string of the molecule is Cc1onc(-c2ccccc2Cl)c1C(=O)N1CCCC(c2nn(C)c(=O)n2-c2ccccc2)C1. The van der Waals surface area contributed by atoms with Crippen LogP contribution in [0.15, 0.2) is 63.9 Å². The average Bonchev–Trinajstić information content (AvgIpc) is 3.38. The van der Waals surface area contributed by atoms with Gasteiger partial charge < -0.3 is 9.42 Å². The third kappa shape index (κ3) is 3.84. The summed E-state index contributed by atoms with van der Waals surface area (Å²) in [4.78, 5) is 28.3. The summed E-state index contributed by atoms with van der Waals surface area (Å²) in [5.41, 5.74) is 2.06. The van der Waals surface area contributed by atoms with E-state index in [4.69, 9.17) is 16.1 Å². The highest BCUT2D eigenvalue weighted by molar-refractivity contribution is 6.33. The van der Waals surface area contributed by atoms with Crippen LogP contribution >= 0.6 is 11.6 Å². The first-order valence-electron chi connectivity index (χ1n) is 11.2. The number of likely N-dealkylation sites (tertiary alicyclic amines) is 1. The molecule has 9 heteroatoms. The van der Waals surface area contributed by atoms with Crippen molar-refractivity contribution in [2.75, 3.05) is 13.1 Å². The zero-order chi connectivity index (χ0) is 23.8. The first kappa shape index (κ1) is 22.2. The van der Waals surface area contributed by atoms with Gasteiger partial charge >= 0.3 is 5.69 Å². The number of hydrogen-bond acceptors (Lipinski definition) is 5. The van der Waals surface area contributed by atoms with Gasteiger partial charge in [0.05, 0.1) is 10.7 Å². The molecule has 174 valence electrons. The molecule has 1 fully saturated rings. The second-order valence-electron chi connectivity index (χ2n) is 8.47. The summed E-state index contributed by atoms with van der Waals surface area (Å²) in [5, 5.41) is 9.18. The fourth-order valence-electron chi connectivity index (χ4n) is 4.56. The number of hydrogen-bond donors (Lipinski definition) is 0. The molecule has 1 unspecified atom stereocenters. The molecule has 2 aromatic heterocycles. The van der Waals surface area contributed by atoms with E-state index in [2.05, 4.69) is 10.3 Å². The molecule has 1 atom stereocenters. The highest BCUT2D eigenvalue weighted by Gasteiger charge is 2.33. The second kappa shape index (κ2) is 8.95. The number of rotatable bonds is 4. The molecule has 3 heterocycles. The van der Waals surface area contributed by atoms with Gasteiger partial charge in [-0.2, -0.15) is 5.10 Å². The molecular formula is C25H24ClN5O3. The largest absolute Gasteiger partial charge is 0.360 e. The highest BCUT2D eigenvalue weighted by atomic mass is 35.5. The Labute approximate surface area is 201 Å². The minimum atomic E-state index is -0.208. The third-order valence-electron chi connectivity index (χ3n) is 6.24. The standard InChI is InChI=1S/C25H24ClN5O3/c1-16-21(22(28-34-16)19-12-6-7-13-20(19)26)24(32)30-14-8-9-17(15-30)23-27-29(2)25(33)31(23)18-10-4-3-5-11-18/h3-7,10-13,17H,8-9,14-15H2,1-2H3. The van der Waals surface area contributed by atoms with Gasteiger partial charge in [-0.1, -0.05) is 53.2 Å². The summed E-state index contributed by atoms with van der Waals surface area (Å²) in [6, 6.07) is 16.7. The lowest BCUT2D eigenvalue weighted by atomic mass is 9.95. The predicted molar refractivity (Wildman–Crippen MR) is 128 cm³/mol. The van der Waals surface area contributed by atoms with Crippen molar-refractivity contribution in [3.8, 4) is 16.9 Å². The van der Waals surface area contributed by atoms with E-state index in [0.29, 0.717) is 46.5 Å². The fourth-order valence-corrected chi connectivity index (χ4v) is 4.78. The summed E-state index contributed by atoms with van der Waals surface area (Å²) in [6.45, 7) is 2.77. The molecule has 0 aliphatic carbocycles. The van der Waals surface area contributed by atoms with Crippen molar-refractivity contribution in [2.24, 2.45) is 7.05 Å². The first-order valence-corrected chi connectivity index (χ1v) is 11.6. The Morgan fingerprint density at radius 2 is 1.85 bits per heavy atom. The molecule has 1 aliphatic rings. The third-order valence-corrected chi connectivity index (χ3v) is 6.57. The summed E-state index contributed by atoms with van der Waals surface area (Å²) in [6.07, 6.45) is 1.62. The molecule has 1 amide bonds. The quantitative estimate of drug-likeness (QED) is 0.439. The molecule has 0 saturated carbocycles. The molecule has 1 saturated heterocycles. The number of aryl methyl sites for hydroxylation is 2. The van der Waals surface area contributed by atoms with Crippen LogP contribution < -0.4 is 5.69 Å². The Kier molecular flexibility index (Phi) is 5.83. The van der Waals surface area contributed by atoms with E-state index in [1.807, 2.05) is 48.5 Å². The number of piperidine rings is 1. The van der Waals surface area contributed by atoms with Crippen molar-refractivity contribution < 1.29 is 9.32 Å². The number of nitrogens with zero attached hydrogens (tertiary/aromatic N) is 5. The average molecular weight is 478 g/mol. The first-order chi connectivity index (χ1) is 16.5. The van der Waals surface area contributed by atoms with Crippen molar-refractivity contribution >= 4 is 17.5 Å². The Morgan fingerprint density at radius 3 is 2.62 bits per heavy atom. The summed E-state index contributed by atoms with van der Waals surface area (Å²) in [5.74, 6) is 0.851. The Bertz CT molecular complexity index is 1410. The van der Waals surface area contributed by atoms with E-state index in [1.54, 1.807) is 29.5 Å². The Morgan fingerprint density at radius 1 is 1.12 bits per heavy atom. The van der Waals surface area contributed by atoms with Crippen LogP contribution in [0.25, 0.3) is 16.9 Å². The number of aromatic nitrogens is 4. The minimum Gasteiger partial charge on any atom is -0.360 e. The van der Waals surface area contributed by atoms with Gasteiger partial charge in [-0.3, -0.25) is 4.79 Å². The highest BCUT2D eigenvalue weighted by Crippen LogP contribution is 2.33. The van der Waals surface area contributed by atoms with Crippen LogP contribution in [0.2, 0.25) is 5.02 Å². The van der Waals surface area contributed by atoms with Crippen LogP contribution in [0.4, 0.5) is 0 Å². The van der Waals surface area contributed by atoms with Gasteiger partial charge in [-0.15, -0.1) is 0 Å². The van der Waals surface area contributed by atoms with E-state index < -0.39 is 0 Å². The van der Waals surface area contributed by atoms with E-state index in [9.17, 15) is 9.59 Å². The maximum Gasteiger partial charge on any atom is 0.350 e. The van der Waals surface area contributed by atoms with E-state index in [0.717, 1.165) is 18.5 Å². The van der Waals surface area contributed by atoms with Crippen LogP contribution in [0.1, 0.15) is 40.7 Å². The summed E-state index contributed by atoms with van der Waals surface area (Å²) < 4.78 is 8.39. The molecule has 8 nitrogen and oxygen atoms in total. The normalized spacial score (nSPS) is 16.1. The summed E-state index contributed by atoms with van der Waals surface area (Å²) in [7, 11) is 1.65. The number of carbonyl (C=O) groups is 1. The molecule has 34 heavy (non-hydrogen) atoms. The zero-order valence-corrected chi connectivity index (χ0v) is 19.7. The topological polar surface area (TPSA) is 86.2 Å². The summed E-state index contributed by atoms with van der Waals surface area (Å²) >= 11 is 6.38. The van der Waals surface area contributed by atoms with Gasteiger partial charge in [0, 0.05) is 31.6 Å². The molecule has 0 bridgehead atoms.